The first-order chi connectivity index (χ1) is 7.99. The number of hydrogen-bond donors (Lipinski definition) is 0. The summed E-state index contributed by atoms with van der Waals surface area (Å²) < 4.78 is 48.1. The summed E-state index contributed by atoms with van der Waals surface area (Å²) in [6.45, 7) is -0.0837. The van der Waals surface area contributed by atoms with Gasteiger partial charge in [-0.15, -0.1) is 0 Å². The van der Waals surface area contributed by atoms with Crippen LogP contribution in [0.25, 0.3) is 0 Å². The van der Waals surface area contributed by atoms with Crippen LogP contribution in [0.5, 0.6) is 5.75 Å². The van der Waals surface area contributed by atoms with Crippen molar-refractivity contribution in [2.75, 3.05) is 20.3 Å². The van der Waals surface area contributed by atoms with E-state index < -0.39 is 33.8 Å². The molecule has 0 heterocycles. The second kappa shape index (κ2) is 5.48. The molecule has 0 unspecified atom stereocenters. The van der Waals surface area contributed by atoms with Gasteiger partial charge in [0.25, 0.3) is 0 Å². The number of ether oxygens (including phenoxy) is 2. The normalized spacial score (nSPS) is 10.4. The Morgan fingerprint density at radius 3 is 2.47 bits per heavy atom. The molecule has 1 rings (SSSR count). The van der Waals surface area contributed by atoms with Gasteiger partial charge in [-0.2, -0.15) is 4.39 Å². The van der Waals surface area contributed by atoms with Crippen LogP contribution in [0.15, 0.2) is 6.07 Å². The molecule has 8 heteroatoms. The second-order valence-corrected chi connectivity index (χ2v) is 2.93. The lowest BCUT2D eigenvalue weighted by Crippen LogP contribution is -2.08. The third-order valence-electron chi connectivity index (χ3n) is 1.83. The number of nitro benzene ring substituents is 1. The zero-order chi connectivity index (χ0) is 13.0. The number of hydrogen-bond acceptors (Lipinski definition) is 4. The fourth-order valence-corrected chi connectivity index (χ4v) is 1.08. The number of methoxy groups -OCH3 is 1. The van der Waals surface area contributed by atoms with Gasteiger partial charge in [0.15, 0.2) is 5.82 Å². The van der Waals surface area contributed by atoms with Crippen molar-refractivity contribution < 1.29 is 27.6 Å². The largest absolute Gasteiger partial charge is 0.484 e. The lowest BCUT2D eigenvalue weighted by atomic mass is 10.2. The third kappa shape index (κ3) is 2.84. The summed E-state index contributed by atoms with van der Waals surface area (Å²) in [6.07, 6.45) is 0. The van der Waals surface area contributed by atoms with E-state index in [1.807, 2.05) is 0 Å². The van der Waals surface area contributed by atoms with Crippen LogP contribution in [0.2, 0.25) is 0 Å². The van der Waals surface area contributed by atoms with Crippen LogP contribution in [0, 0.1) is 27.6 Å². The maximum atomic E-state index is 13.1. The van der Waals surface area contributed by atoms with Gasteiger partial charge in [-0.3, -0.25) is 10.1 Å². The van der Waals surface area contributed by atoms with Crippen molar-refractivity contribution in [3.8, 4) is 5.75 Å². The molecular weight excluding hydrogens is 243 g/mol. The molecule has 0 saturated heterocycles. The molecule has 17 heavy (non-hydrogen) atoms. The molecule has 0 aliphatic heterocycles. The Morgan fingerprint density at radius 2 is 1.94 bits per heavy atom. The Kier molecular flexibility index (Phi) is 4.27. The minimum Gasteiger partial charge on any atom is -0.484 e. The maximum Gasteiger partial charge on any atom is 0.349 e. The van der Waals surface area contributed by atoms with Crippen molar-refractivity contribution in [1.82, 2.24) is 0 Å². The molecular formula is C9H8F3NO4. The Hall–Kier alpha value is -1.83. The highest BCUT2D eigenvalue weighted by Gasteiger charge is 2.28. The predicted molar refractivity (Wildman–Crippen MR) is 50.3 cm³/mol. The van der Waals surface area contributed by atoms with E-state index in [2.05, 4.69) is 4.74 Å². The standard InChI is InChI=1S/C9H8F3NO4/c1-16-2-3-17-6-4-5(10)7(11)8(12)9(6)13(14)15/h4H,2-3H2,1H3. The Morgan fingerprint density at radius 1 is 1.29 bits per heavy atom. The first-order valence-corrected chi connectivity index (χ1v) is 4.42. The van der Waals surface area contributed by atoms with Crippen molar-refractivity contribution >= 4 is 5.69 Å². The van der Waals surface area contributed by atoms with Crippen LogP contribution in [0.1, 0.15) is 0 Å². The summed E-state index contributed by atoms with van der Waals surface area (Å²) in [4.78, 5) is 9.32. The summed E-state index contributed by atoms with van der Waals surface area (Å²) in [5.74, 6) is -6.03. The van der Waals surface area contributed by atoms with Gasteiger partial charge in [0.05, 0.1) is 11.5 Å². The number of benzene rings is 1. The van der Waals surface area contributed by atoms with E-state index >= 15 is 0 Å². The summed E-state index contributed by atoms with van der Waals surface area (Å²) in [7, 11) is 1.35. The van der Waals surface area contributed by atoms with Crippen molar-refractivity contribution in [2.45, 2.75) is 0 Å². The summed E-state index contributed by atoms with van der Waals surface area (Å²) >= 11 is 0. The van der Waals surface area contributed by atoms with Crippen LogP contribution < -0.4 is 4.74 Å². The Balaban J connectivity index is 3.14. The molecule has 0 aromatic heterocycles. The molecule has 0 aliphatic rings. The monoisotopic (exact) mass is 251 g/mol. The second-order valence-electron chi connectivity index (χ2n) is 2.93. The van der Waals surface area contributed by atoms with Crippen LogP contribution in [0.4, 0.5) is 18.9 Å². The molecule has 0 aliphatic carbocycles. The molecule has 0 fully saturated rings. The van der Waals surface area contributed by atoms with Crippen LogP contribution in [-0.2, 0) is 4.74 Å². The minimum absolute atomic E-state index is 0.0672. The maximum absolute atomic E-state index is 13.1. The van der Waals surface area contributed by atoms with Gasteiger partial charge >= 0.3 is 5.69 Å². The highest BCUT2D eigenvalue weighted by atomic mass is 19.2. The molecule has 5 nitrogen and oxygen atoms in total. The SMILES string of the molecule is COCCOc1cc(F)c(F)c(F)c1[N+](=O)[O-]. The molecule has 94 valence electrons. The van der Waals surface area contributed by atoms with E-state index in [4.69, 9.17) is 4.74 Å². The molecule has 0 atom stereocenters. The van der Waals surface area contributed by atoms with E-state index in [-0.39, 0.29) is 13.2 Å². The van der Waals surface area contributed by atoms with Crippen molar-refractivity contribution in [1.29, 1.82) is 0 Å². The van der Waals surface area contributed by atoms with Gasteiger partial charge in [-0.05, 0) is 0 Å². The summed E-state index contributed by atoms with van der Waals surface area (Å²) in [5.41, 5.74) is -1.24. The lowest BCUT2D eigenvalue weighted by molar-refractivity contribution is -0.388. The first kappa shape index (κ1) is 13.2. The molecule has 1 aromatic rings. The average molecular weight is 251 g/mol. The van der Waals surface area contributed by atoms with E-state index in [0.29, 0.717) is 6.07 Å². The van der Waals surface area contributed by atoms with Crippen molar-refractivity contribution in [3.05, 3.63) is 33.6 Å². The molecule has 0 saturated carbocycles. The fraction of sp³-hybridized carbons (Fsp3) is 0.333. The summed E-state index contributed by atoms with van der Waals surface area (Å²) in [6, 6.07) is 0.423. The number of nitro groups is 1. The van der Waals surface area contributed by atoms with E-state index in [1.165, 1.54) is 7.11 Å². The number of nitrogens with zero attached hydrogens (tertiary/aromatic N) is 1. The molecule has 0 radical (unpaired) electrons. The van der Waals surface area contributed by atoms with Gasteiger partial charge in [-0.25, -0.2) is 8.78 Å². The minimum atomic E-state index is -1.91. The van der Waals surface area contributed by atoms with Gasteiger partial charge in [0.1, 0.15) is 6.61 Å². The zero-order valence-corrected chi connectivity index (χ0v) is 8.71. The number of rotatable bonds is 5. The Bertz CT molecular complexity index is 439. The van der Waals surface area contributed by atoms with Gasteiger partial charge < -0.3 is 9.47 Å². The highest BCUT2D eigenvalue weighted by molar-refractivity contribution is 5.48. The summed E-state index contributed by atoms with van der Waals surface area (Å²) in [5, 5.41) is 10.5. The fourth-order valence-electron chi connectivity index (χ4n) is 1.08. The van der Waals surface area contributed by atoms with Crippen LogP contribution in [0.3, 0.4) is 0 Å². The lowest BCUT2D eigenvalue weighted by Gasteiger charge is -2.07. The van der Waals surface area contributed by atoms with E-state index in [1.54, 1.807) is 0 Å². The van der Waals surface area contributed by atoms with E-state index in [9.17, 15) is 23.3 Å². The molecule has 0 bridgehead atoms. The van der Waals surface area contributed by atoms with Crippen molar-refractivity contribution in [3.63, 3.8) is 0 Å². The van der Waals surface area contributed by atoms with Crippen molar-refractivity contribution in [2.24, 2.45) is 0 Å². The average Bonchev–Trinajstić information content (AvgIpc) is 2.26. The van der Waals surface area contributed by atoms with Crippen LogP contribution in [-0.4, -0.2) is 25.2 Å². The van der Waals surface area contributed by atoms with Crippen LogP contribution >= 0.6 is 0 Å². The molecule has 0 N–H and O–H groups in total. The molecule has 1 aromatic carbocycles. The third-order valence-corrected chi connectivity index (χ3v) is 1.83. The Labute approximate surface area is 93.9 Å². The van der Waals surface area contributed by atoms with E-state index in [0.717, 1.165) is 0 Å². The quantitative estimate of drug-likeness (QED) is 0.347. The highest BCUT2D eigenvalue weighted by Crippen LogP contribution is 2.33. The first-order valence-electron chi connectivity index (χ1n) is 4.42. The molecule has 0 amide bonds. The van der Waals surface area contributed by atoms with Gasteiger partial charge in [-0.1, -0.05) is 0 Å². The predicted octanol–water partition coefficient (Wildman–Crippen LogP) is 2.04. The smallest absolute Gasteiger partial charge is 0.349 e. The molecule has 0 spiro atoms. The van der Waals surface area contributed by atoms with Gasteiger partial charge in [0, 0.05) is 13.2 Å². The number of halogens is 3. The topological polar surface area (TPSA) is 61.6 Å². The zero-order valence-electron chi connectivity index (χ0n) is 8.71. The van der Waals surface area contributed by atoms with Gasteiger partial charge in [0.2, 0.25) is 17.4 Å².